The molecule has 1 fully saturated rings. The zero-order valence-corrected chi connectivity index (χ0v) is 19.7. The molecule has 0 bridgehead atoms. The SMILES string of the molecule is CC(=O)c1cc(C(=O)Nc2ccc(I)cc2)n(Cc2csc(N3CCCCC3)n2)c1. The molecule has 0 saturated carbocycles. The third-order valence-corrected chi connectivity index (χ3v) is 6.81. The minimum absolute atomic E-state index is 0.0654. The van der Waals surface area contributed by atoms with Gasteiger partial charge in [-0.3, -0.25) is 9.59 Å². The number of halogens is 1. The number of piperidine rings is 1. The van der Waals surface area contributed by atoms with Crippen LogP contribution in [0.5, 0.6) is 0 Å². The van der Waals surface area contributed by atoms with Crippen LogP contribution in [0.15, 0.2) is 41.9 Å². The molecule has 6 nitrogen and oxygen atoms in total. The Morgan fingerprint density at radius 2 is 1.90 bits per heavy atom. The largest absolute Gasteiger partial charge is 0.348 e. The monoisotopic (exact) mass is 534 g/mol. The molecule has 1 saturated heterocycles. The van der Waals surface area contributed by atoms with Gasteiger partial charge in [-0.25, -0.2) is 4.98 Å². The summed E-state index contributed by atoms with van der Waals surface area (Å²) in [4.78, 5) is 32.0. The Morgan fingerprint density at radius 3 is 2.60 bits per heavy atom. The number of hydrogen-bond donors (Lipinski definition) is 1. The summed E-state index contributed by atoms with van der Waals surface area (Å²) in [7, 11) is 0. The van der Waals surface area contributed by atoms with Crippen LogP contribution in [0.2, 0.25) is 0 Å². The highest BCUT2D eigenvalue weighted by Crippen LogP contribution is 2.25. The summed E-state index contributed by atoms with van der Waals surface area (Å²) in [6.07, 6.45) is 5.44. The summed E-state index contributed by atoms with van der Waals surface area (Å²) < 4.78 is 2.91. The number of ketones is 1. The van der Waals surface area contributed by atoms with Gasteiger partial charge in [-0.1, -0.05) is 0 Å². The van der Waals surface area contributed by atoms with E-state index in [-0.39, 0.29) is 11.7 Å². The molecule has 4 rings (SSSR count). The van der Waals surface area contributed by atoms with Gasteiger partial charge in [-0.2, -0.15) is 0 Å². The predicted molar refractivity (Wildman–Crippen MR) is 129 cm³/mol. The molecule has 30 heavy (non-hydrogen) atoms. The Morgan fingerprint density at radius 1 is 1.17 bits per heavy atom. The summed E-state index contributed by atoms with van der Waals surface area (Å²) >= 11 is 3.86. The average molecular weight is 534 g/mol. The summed E-state index contributed by atoms with van der Waals surface area (Å²) in [6.45, 7) is 4.06. The summed E-state index contributed by atoms with van der Waals surface area (Å²) in [5.74, 6) is -0.306. The number of rotatable bonds is 6. The van der Waals surface area contributed by atoms with E-state index in [2.05, 4.69) is 32.8 Å². The maximum atomic E-state index is 12.9. The van der Waals surface area contributed by atoms with Crippen molar-refractivity contribution in [1.82, 2.24) is 9.55 Å². The minimum atomic E-state index is -0.241. The fourth-order valence-corrected chi connectivity index (χ4v) is 4.76. The first kappa shape index (κ1) is 21.0. The smallest absolute Gasteiger partial charge is 0.272 e. The van der Waals surface area contributed by atoms with Crippen molar-refractivity contribution in [3.8, 4) is 0 Å². The van der Waals surface area contributed by atoms with Gasteiger partial charge < -0.3 is 14.8 Å². The number of aromatic nitrogens is 2. The van der Waals surface area contributed by atoms with Gasteiger partial charge in [0.2, 0.25) is 0 Å². The lowest BCUT2D eigenvalue weighted by Crippen LogP contribution is -2.29. The number of carbonyl (C=O) groups is 2. The molecule has 156 valence electrons. The molecule has 3 aromatic rings. The van der Waals surface area contributed by atoms with Gasteiger partial charge in [0.15, 0.2) is 10.9 Å². The molecule has 2 aromatic heterocycles. The molecule has 1 aliphatic rings. The molecular formula is C22H23IN4O2S. The normalized spacial score (nSPS) is 14.0. The Bertz CT molecular complexity index is 1050. The van der Waals surface area contributed by atoms with Gasteiger partial charge >= 0.3 is 0 Å². The van der Waals surface area contributed by atoms with Gasteiger partial charge in [0.05, 0.1) is 12.2 Å². The zero-order valence-electron chi connectivity index (χ0n) is 16.7. The Hall–Kier alpha value is -2.20. The van der Waals surface area contributed by atoms with Crippen LogP contribution in [0.25, 0.3) is 0 Å². The van der Waals surface area contributed by atoms with E-state index in [1.807, 2.05) is 34.2 Å². The van der Waals surface area contributed by atoms with E-state index in [0.717, 1.165) is 33.2 Å². The van der Waals surface area contributed by atoms with Crippen LogP contribution in [-0.4, -0.2) is 34.3 Å². The van der Waals surface area contributed by atoms with Crippen molar-refractivity contribution in [3.05, 3.63) is 62.4 Å². The van der Waals surface area contributed by atoms with Crippen molar-refractivity contribution < 1.29 is 9.59 Å². The molecule has 1 N–H and O–H groups in total. The van der Waals surface area contributed by atoms with Crippen molar-refractivity contribution in [1.29, 1.82) is 0 Å². The molecule has 0 radical (unpaired) electrons. The highest BCUT2D eigenvalue weighted by atomic mass is 127. The summed E-state index contributed by atoms with van der Waals surface area (Å²) in [5.41, 5.74) is 2.59. The van der Waals surface area contributed by atoms with Crippen LogP contribution < -0.4 is 10.2 Å². The van der Waals surface area contributed by atoms with E-state index in [0.29, 0.717) is 17.8 Å². The number of hydrogen-bond acceptors (Lipinski definition) is 5. The third-order valence-electron chi connectivity index (χ3n) is 5.14. The number of nitrogens with zero attached hydrogens (tertiary/aromatic N) is 3. The number of anilines is 2. The van der Waals surface area contributed by atoms with E-state index < -0.39 is 0 Å². The molecule has 8 heteroatoms. The Kier molecular flexibility index (Phi) is 6.52. The first-order valence-electron chi connectivity index (χ1n) is 9.97. The van der Waals surface area contributed by atoms with E-state index in [4.69, 9.17) is 4.98 Å². The minimum Gasteiger partial charge on any atom is -0.348 e. The van der Waals surface area contributed by atoms with Crippen molar-refractivity contribution in [3.63, 3.8) is 0 Å². The number of nitrogens with one attached hydrogen (secondary N) is 1. The first-order chi connectivity index (χ1) is 14.5. The molecule has 1 aliphatic heterocycles. The number of Topliss-reactive ketones (excluding diaryl/α,β-unsaturated/α-hetero) is 1. The van der Waals surface area contributed by atoms with Crippen LogP contribution in [-0.2, 0) is 6.54 Å². The highest BCUT2D eigenvalue weighted by Gasteiger charge is 2.19. The zero-order chi connectivity index (χ0) is 21.1. The standard InChI is InChI=1S/C22H23IN4O2S/c1-15(28)16-11-20(21(29)24-18-7-5-17(23)6-8-18)27(12-16)13-19-14-30-22(25-19)26-9-3-2-4-10-26/h5-8,11-12,14H,2-4,9-10,13H2,1H3,(H,24,29). The van der Waals surface area contributed by atoms with E-state index in [9.17, 15) is 9.59 Å². The van der Waals surface area contributed by atoms with Gasteiger partial charge in [0.25, 0.3) is 5.91 Å². The second-order valence-corrected chi connectivity index (χ2v) is 9.51. The second-order valence-electron chi connectivity index (χ2n) is 7.43. The van der Waals surface area contributed by atoms with Crippen LogP contribution in [0.3, 0.4) is 0 Å². The number of amides is 1. The van der Waals surface area contributed by atoms with E-state index in [1.54, 1.807) is 23.6 Å². The summed E-state index contributed by atoms with van der Waals surface area (Å²) in [6, 6.07) is 9.26. The number of benzene rings is 1. The highest BCUT2D eigenvalue weighted by molar-refractivity contribution is 14.1. The lowest BCUT2D eigenvalue weighted by Gasteiger charge is -2.25. The average Bonchev–Trinajstić information content (AvgIpc) is 3.38. The molecule has 3 heterocycles. The van der Waals surface area contributed by atoms with Gasteiger partial charge in [-0.15, -0.1) is 11.3 Å². The maximum Gasteiger partial charge on any atom is 0.272 e. The third kappa shape index (κ3) is 4.92. The second kappa shape index (κ2) is 9.30. The quantitative estimate of drug-likeness (QED) is 0.356. The fraction of sp³-hybridized carbons (Fsp3) is 0.318. The lowest BCUT2D eigenvalue weighted by atomic mass is 10.1. The number of carbonyl (C=O) groups excluding carboxylic acids is 2. The molecule has 0 aliphatic carbocycles. The molecule has 0 unspecified atom stereocenters. The van der Waals surface area contributed by atoms with Crippen molar-refractivity contribution in [2.75, 3.05) is 23.3 Å². The topological polar surface area (TPSA) is 67.2 Å². The van der Waals surface area contributed by atoms with Crippen LogP contribution in [0.4, 0.5) is 10.8 Å². The van der Waals surface area contributed by atoms with Crippen molar-refractivity contribution in [2.24, 2.45) is 0 Å². The molecule has 1 aromatic carbocycles. The van der Waals surface area contributed by atoms with Gasteiger partial charge in [0, 0.05) is 39.5 Å². The molecule has 0 spiro atoms. The van der Waals surface area contributed by atoms with E-state index >= 15 is 0 Å². The van der Waals surface area contributed by atoms with Gasteiger partial charge in [-0.05, 0) is 79.1 Å². The number of thiazole rings is 1. The molecule has 0 atom stereocenters. The first-order valence-corrected chi connectivity index (χ1v) is 11.9. The fourth-order valence-electron chi connectivity index (χ4n) is 3.53. The molecular weight excluding hydrogens is 511 g/mol. The Balaban J connectivity index is 1.55. The maximum absolute atomic E-state index is 12.9. The summed E-state index contributed by atoms with van der Waals surface area (Å²) in [5, 5.41) is 6.00. The van der Waals surface area contributed by atoms with Crippen LogP contribution in [0.1, 0.15) is 52.7 Å². The van der Waals surface area contributed by atoms with Crippen LogP contribution in [0, 0.1) is 3.57 Å². The van der Waals surface area contributed by atoms with E-state index in [1.165, 1.54) is 26.2 Å². The lowest BCUT2D eigenvalue weighted by molar-refractivity contribution is 0.101. The van der Waals surface area contributed by atoms with Gasteiger partial charge in [0.1, 0.15) is 5.69 Å². The predicted octanol–water partition coefficient (Wildman–Crippen LogP) is 5.04. The van der Waals surface area contributed by atoms with Crippen molar-refractivity contribution in [2.45, 2.75) is 32.7 Å². The van der Waals surface area contributed by atoms with Crippen LogP contribution >= 0.6 is 33.9 Å². The van der Waals surface area contributed by atoms with Crippen molar-refractivity contribution >= 4 is 56.4 Å². The molecule has 1 amide bonds. The Labute approximate surface area is 193 Å².